The van der Waals surface area contributed by atoms with Crippen LogP contribution in [0.3, 0.4) is 0 Å². The van der Waals surface area contributed by atoms with Gasteiger partial charge in [-0.25, -0.2) is 0 Å². The van der Waals surface area contributed by atoms with Gasteiger partial charge < -0.3 is 9.83 Å². The lowest BCUT2D eigenvalue weighted by atomic mass is 9.94. The van der Waals surface area contributed by atoms with Crippen LogP contribution in [-0.4, -0.2) is 5.71 Å². The van der Waals surface area contributed by atoms with Crippen LogP contribution in [0.2, 0.25) is 0 Å². The van der Waals surface area contributed by atoms with Crippen molar-refractivity contribution in [3.05, 3.63) is 47.2 Å². The number of allylic oxidation sites excluding steroid dienone is 1. The summed E-state index contributed by atoms with van der Waals surface area (Å²) in [6.07, 6.45) is 7.74. The smallest absolute Gasteiger partial charge is 0.138 e. The van der Waals surface area contributed by atoms with Crippen LogP contribution in [0.5, 0.6) is 0 Å². The summed E-state index contributed by atoms with van der Waals surface area (Å²) in [5.41, 5.74) is 5.28. The van der Waals surface area contributed by atoms with E-state index in [0.717, 1.165) is 40.8 Å². The van der Waals surface area contributed by atoms with Crippen LogP contribution in [0.1, 0.15) is 49.6 Å². The molecule has 116 valence electrons. The number of benzene rings is 1. The molecule has 0 saturated heterocycles. The Hall–Kier alpha value is -2.09. The first kappa shape index (κ1) is 16.3. The van der Waals surface area contributed by atoms with Gasteiger partial charge in [0, 0.05) is 16.7 Å². The van der Waals surface area contributed by atoms with Gasteiger partial charge in [-0.3, -0.25) is 0 Å². The summed E-state index contributed by atoms with van der Waals surface area (Å²) < 4.78 is 6.12. The van der Waals surface area contributed by atoms with E-state index in [4.69, 9.17) is 9.83 Å². The molecular weight excluding hydrogens is 270 g/mol. The highest BCUT2D eigenvalue weighted by Gasteiger charge is 2.16. The maximum Gasteiger partial charge on any atom is 0.138 e. The van der Waals surface area contributed by atoms with E-state index in [1.54, 1.807) is 0 Å². The zero-order valence-electron chi connectivity index (χ0n) is 14.0. The SMILES string of the molecule is C=Cc1c(/C=C\C)oc2c(CCC(C)C(C)=N)c(C)ccc12. The molecule has 1 unspecified atom stereocenters. The predicted octanol–water partition coefficient (Wildman–Crippen LogP) is 6.03. The molecule has 2 aromatic rings. The average Bonchev–Trinajstić information content (AvgIpc) is 2.83. The third kappa shape index (κ3) is 3.06. The lowest BCUT2D eigenvalue weighted by Gasteiger charge is -2.11. The van der Waals surface area contributed by atoms with E-state index in [9.17, 15) is 0 Å². The van der Waals surface area contributed by atoms with Crippen molar-refractivity contribution in [1.82, 2.24) is 0 Å². The normalized spacial score (nSPS) is 12.9. The van der Waals surface area contributed by atoms with Gasteiger partial charge in [-0.2, -0.15) is 0 Å². The quantitative estimate of drug-likeness (QED) is 0.649. The van der Waals surface area contributed by atoms with E-state index in [2.05, 4.69) is 32.6 Å². The number of aryl methyl sites for hydroxylation is 2. The Labute approximate surface area is 133 Å². The first-order chi connectivity index (χ1) is 10.5. The molecule has 2 rings (SSSR count). The van der Waals surface area contributed by atoms with E-state index in [1.165, 1.54) is 11.1 Å². The largest absolute Gasteiger partial charge is 0.456 e. The zero-order valence-corrected chi connectivity index (χ0v) is 14.0. The average molecular weight is 295 g/mol. The van der Waals surface area contributed by atoms with E-state index in [0.29, 0.717) is 5.92 Å². The van der Waals surface area contributed by atoms with Gasteiger partial charge in [0.05, 0.1) is 0 Å². The zero-order chi connectivity index (χ0) is 16.3. The second-order valence-electron chi connectivity index (χ2n) is 5.94. The Bertz CT molecular complexity index is 734. The highest BCUT2D eigenvalue weighted by Crippen LogP contribution is 2.33. The molecule has 0 fully saturated rings. The molecule has 2 nitrogen and oxygen atoms in total. The maximum atomic E-state index is 7.76. The molecule has 0 aliphatic heterocycles. The fraction of sp³-hybridized carbons (Fsp3) is 0.350. The van der Waals surface area contributed by atoms with Gasteiger partial charge in [0.25, 0.3) is 0 Å². The summed E-state index contributed by atoms with van der Waals surface area (Å²) in [7, 11) is 0. The van der Waals surface area contributed by atoms with Crippen LogP contribution in [0.4, 0.5) is 0 Å². The number of fused-ring (bicyclic) bond motifs is 1. The van der Waals surface area contributed by atoms with Crippen LogP contribution >= 0.6 is 0 Å². The van der Waals surface area contributed by atoms with Gasteiger partial charge in [-0.05, 0) is 56.7 Å². The molecular formula is C20H25NO. The van der Waals surface area contributed by atoms with Gasteiger partial charge in [0.2, 0.25) is 0 Å². The minimum Gasteiger partial charge on any atom is -0.456 e. The Morgan fingerprint density at radius 2 is 2.14 bits per heavy atom. The molecule has 0 aliphatic carbocycles. The second-order valence-corrected chi connectivity index (χ2v) is 5.94. The molecule has 0 aliphatic rings. The minimum absolute atomic E-state index is 0.304. The van der Waals surface area contributed by atoms with E-state index < -0.39 is 0 Å². The van der Waals surface area contributed by atoms with Crippen molar-refractivity contribution in [3.8, 4) is 0 Å². The first-order valence-electron chi connectivity index (χ1n) is 7.84. The number of nitrogens with one attached hydrogen (secondary N) is 1. The fourth-order valence-electron chi connectivity index (χ4n) is 2.73. The Morgan fingerprint density at radius 1 is 1.41 bits per heavy atom. The molecule has 1 aromatic carbocycles. The molecule has 0 amide bonds. The van der Waals surface area contributed by atoms with Crippen molar-refractivity contribution < 1.29 is 4.42 Å². The highest BCUT2D eigenvalue weighted by atomic mass is 16.3. The van der Waals surface area contributed by atoms with Crippen LogP contribution < -0.4 is 0 Å². The van der Waals surface area contributed by atoms with Crippen molar-refractivity contribution in [3.63, 3.8) is 0 Å². The minimum atomic E-state index is 0.304. The molecule has 1 heterocycles. The summed E-state index contributed by atoms with van der Waals surface area (Å²) in [6, 6.07) is 4.27. The topological polar surface area (TPSA) is 37.0 Å². The third-order valence-corrected chi connectivity index (χ3v) is 4.35. The van der Waals surface area contributed by atoms with Crippen molar-refractivity contribution in [2.45, 2.75) is 40.5 Å². The monoisotopic (exact) mass is 295 g/mol. The molecule has 1 N–H and O–H groups in total. The van der Waals surface area contributed by atoms with Crippen LogP contribution in [-0.2, 0) is 6.42 Å². The number of furan rings is 1. The van der Waals surface area contributed by atoms with Crippen molar-refractivity contribution in [2.75, 3.05) is 0 Å². The van der Waals surface area contributed by atoms with Gasteiger partial charge in [0.15, 0.2) is 0 Å². The van der Waals surface area contributed by atoms with Crippen molar-refractivity contribution in [2.24, 2.45) is 5.92 Å². The van der Waals surface area contributed by atoms with Crippen molar-refractivity contribution >= 4 is 28.8 Å². The van der Waals surface area contributed by atoms with Gasteiger partial charge in [0.1, 0.15) is 11.3 Å². The summed E-state index contributed by atoms with van der Waals surface area (Å²) in [5, 5.41) is 8.89. The highest BCUT2D eigenvalue weighted by molar-refractivity contribution is 5.93. The maximum absolute atomic E-state index is 7.76. The second kappa shape index (κ2) is 6.78. The van der Waals surface area contributed by atoms with E-state index in [-0.39, 0.29) is 0 Å². The molecule has 22 heavy (non-hydrogen) atoms. The molecule has 0 radical (unpaired) electrons. The Kier molecular flexibility index (Phi) is 5.02. The molecule has 2 heteroatoms. The number of rotatable bonds is 6. The van der Waals surface area contributed by atoms with E-state index >= 15 is 0 Å². The fourth-order valence-corrected chi connectivity index (χ4v) is 2.73. The van der Waals surface area contributed by atoms with Gasteiger partial charge in [-0.15, -0.1) is 0 Å². The Balaban J connectivity index is 2.51. The summed E-state index contributed by atoms with van der Waals surface area (Å²) in [4.78, 5) is 0. The molecule has 0 bridgehead atoms. The lowest BCUT2D eigenvalue weighted by molar-refractivity contribution is 0.592. The lowest BCUT2D eigenvalue weighted by Crippen LogP contribution is -2.07. The molecule has 0 saturated carbocycles. The van der Waals surface area contributed by atoms with Crippen LogP contribution in [0, 0.1) is 18.3 Å². The Morgan fingerprint density at radius 3 is 2.73 bits per heavy atom. The summed E-state index contributed by atoms with van der Waals surface area (Å²) in [6.45, 7) is 12.0. The number of hydrogen-bond donors (Lipinski definition) is 1. The van der Waals surface area contributed by atoms with Gasteiger partial charge in [-0.1, -0.05) is 37.8 Å². The van der Waals surface area contributed by atoms with E-state index in [1.807, 2.05) is 32.1 Å². The first-order valence-corrected chi connectivity index (χ1v) is 7.84. The molecule has 1 atom stereocenters. The summed E-state index contributed by atoms with van der Waals surface area (Å²) >= 11 is 0. The summed E-state index contributed by atoms with van der Waals surface area (Å²) in [5.74, 6) is 1.18. The molecule has 1 aromatic heterocycles. The van der Waals surface area contributed by atoms with Crippen LogP contribution in [0.25, 0.3) is 23.1 Å². The van der Waals surface area contributed by atoms with Gasteiger partial charge >= 0.3 is 0 Å². The number of hydrogen-bond acceptors (Lipinski definition) is 2. The predicted molar refractivity (Wildman–Crippen MR) is 96.6 cm³/mol. The van der Waals surface area contributed by atoms with Crippen LogP contribution in [0.15, 0.2) is 29.2 Å². The third-order valence-electron chi connectivity index (χ3n) is 4.35. The molecule has 0 spiro atoms. The standard InChI is InChI=1S/C20H25NO/c1-6-8-19-16(7-2)18-12-10-14(4)17(20(18)22-19)11-9-13(3)15(5)21/h6-8,10,12-13,21H,2,9,11H2,1,3-5H3/b8-6-,21-15?. The van der Waals surface area contributed by atoms with Crippen molar-refractivity contribution in [1.29, 1.82) is 5.41 Å².